The van der Waals surface area contributed by atoms with Crippen molar-refractivity contribution < 1.29 is 9.59 Å². The van der Waals surface area contributed by atoms with Gasteiger partial charge in [-0.3, -0.25) is 14.2 Å². The molecule has 2 heterocycles. The van der Waals surface area contributed by atoms with Crippen LogP contribution in [0.15, 0.2) is 90.5 Å². The van der Waals surface area contributed by atoms with Crippen LogP contribution in [0.25, 0.3) is 43.6 Å². The van der Waals surface area contributed by atoms with Crippen LogP contribution < -0.4 is 0 Å². The maximum Gasteiger partial charge on any atom is 0.197 e. The molecule has 0 atom stereocenters. The van der Waals surface area contributed by atoms with Gasteiger partial charge in [0.1, 0.15) is 10.8 Å². The summed E-state index contributed by atoms with van der Waals surface area (Å²) in [5.41, 5.74) is 5.80. The van der Waals surface area contributed by atoms with Gasteiger partial charge in [-0.25, -0.2) is 9.97 Å². The Kier molecular flexibility index (Phi) is 5.00. The highest BCUT2D eigenvalue weighted by molar-refractivity contribution is 7.21. The molecule has 1 aliphatic carbocycles. The molecule has 5 nitrogen and oxygen atoms in total. The fraction of sp³-hybridized carbons (Fsp3) is 0.0625. The Labute approximate surface area is 222 Å². The molecule has 0 bridgehead atoms. The van der Waals surface area contributed by atoms with Gasteiger partial charge in [0.05, 0.1) is 11.3 Å². The highest BCUT2D eigenvalue weighted by Gasteiger charge is 2.34. The van der Waals surface area contributed by atoms with Crippen molar-refractivity contribution in [1.82, 2.24) is 14.5 Å². The lowest BCUT2D eigenvalue weighted by Gasteiger charge is -2.13. The number of aromatic nitrogens is 3. The molecule has 0 unspecified atom stereocenters. The van der Waals surface area contributed by atoms with Gasteiger partial charge in [-0.2, -0.15) is 0 Å². The summed E-state index contributed by atoms with van der Waals surface area (Å²) in [7, 11) is 0. The highest BCUT2D eigenvalue weighted by Crippen LogP contribution is 2.36. The number of hydrogen-bond donors (Lipinski definition) is 0. The largest absolute Gasteiger partial charge is 0.288 e. The number of nitrogens with zero attached hydrogens (tertiary/aromatic N) is 3. The van der Waals surface area contributed by atoms with Crippen molar-refractivity contribution in [2.45, 2.75) is 13.8 Å². The predicted molar refractivity (Wildman–Crippen MR) is 152 cm³/mol. The summed E-state index contributed by atoms with van der Waals surface area (Å²) in [4.78, 5) is 37.6. The number of allylic oxidation sites excluding steroid dienone is 1. The van der Waals surface area contributed by atoms with Crippen molar-refractivity contribution in [3.8, 4) is 16.3 Å². The molecular weight excluding hydrogens is 490 g/mol. The van der Waals surface area contributed by atoms with E-state index in [0.717, 1.165) is 43.0 Å². The van der Waals surface area contributed by atoms with Crippen LogP contribution in [0.2, 0.25) is 0 Å². The monoisotopic (exact) mass is 511 g/mol. The third-order valence-corrected chi connectivity index (χ3v) is 8.06. The molecule has 0 fully saturated rings. The maximum absolute atomic E-state index is 13.5. The lowest BCUT2D eigenvalue weighted by molar-refractivity contribution is 0.0990. The number of ketones is 2. The molecular formula is C32H21N3O2S. The standard InChI is InChI=1S/C32H21N3O2S/c1-18-9-8-10-19(2)27(18)35-26(33-32-30(35)34-31(38-32)20-11-4-3-5-12-20)17-25-28(36)23-15-21-13-6-7-14-22(21)16-24(23)29(25)37/h3-17H,1-2H3. The molecule has 0 N–H and O–H groups in total. The first-order valence-electron chi connectivity index (χ1n) is 12.3. The second-order valence-electron chi connectivity index (χ2n) is 9.52. The Morgan fingerprint density at radius 1 is 0.737 bits per heavy atom. The van der Waals surface area contributed by atoms with Crippen molar-refractivity contribution in [2.75, 3.05) is 0 Å². The summed E-state index contributed by atoms with van der Waals surface area (Å²) in [6.45, 7) is 4.09. The minimum Gasteiger partial charge on any atom is -0.288 e. The van der Waals surface area contributed by atoms with Crippen molar-refractivity contribution in [3.63, 3.8) is 0 Å². The number of carbonyl (C=O) groups is 2. The third kappa shape index (κ3) is 3.38. The number of Topliss-reactive ketones (excluding diaryl/α,β-unsaturated/α-hetero) is 2. The summed E-state index contributed by atoms with van der Waals surface area (Å²) < 4.78 is 1.98. The Hall–Kier alpha value is -4.68. The smallest absolute Gasteiger partial charge is 0.197 e. The average Bonchev–Trinajstić information content (AvgIpc) is 3.55. The zero-order chi connectivity index (χ0) is 26.0. The number of aryl methyl sites for hydroxylation is 2. The van der Waals surface area contributed by atoms with E-state index in [1.165, 1.54) is 11.3 Å². The summed E-state index contributed by atoms with van der Waals surface area (Å²) in [6, 6.07) is 27.5. The molecule has 182 valence electrons. The van der Waals surface area contributed by atoms with Gasteiger partial charge in [0, 0.05) is 16.7 Å². The van der Waals surface area contributed by atoms with Crippen LogP contribution in [0.3, 0.4) is 0 Å². The molecule has 2 aromatic heterocycles. The number of benzene rings is 4. The molecule has 6 heteroatoms. The van der Waals surface area contributed by atoms with Crippen molar-refractivity contribution >= 4 is 50.2 Å². The van der Waals surface area contributed by atoms with E-state index in [1.807, 2.05) is 103 Å². The number of rotatable bonds is 3. The van der Waals surface area contributed by atoms with Gasteiger partial charge < -0.3 is 0 Å². The topological polar surface area (TPSA) is 64.8 Å². The van der Waals surface area contributed by atoms with E-state index in [-0.39, 0.29) is 17.1 Å². The molecule has 0 spiro atoms. The number of para-hydroxylation sites is 1. The van der Waals surface area contributed by atoms with Gasteiger partial charge in [0.15, 0.2) is 22.0 Å². The first kappa shape index (κ1) is 22.5. The van der Waals surface area contributed by atoms with Crippen LogP contribution in [0.5, 0.6) is 0 Å². The minimum absolute atomic E-state index is 0.128. The number of hydrogen-bond acceptors (Lipinski definition) is 5. The van der Waals surface area contributed by atoms with Gasteiger partial charge in [0.2, 0.25) is 0 Å². The molecule has 0 aliphatic heterocycles. The zero-order valence-corrected chi connectivity index (χ0v) is 21.5. The number of thiazole rings is 1. The van der Waals surface area contributed by atoms with Gasteiger partial charge in [-0.1, -0.05) is 84.1 Å². The molecule has 0 saturated heterocycles. The quantitative estimate of drug-likeness (QED) is 0.184. The van der Waals surface area contributed by atoms with E-state index >= 15 is 0 Å². The Bertz CT molecular complexity index is 1900. The Morgan fingerprint density at radius 3 is 1.97 bits per heavy atom. The van der Waals surface area contributed by atoms with Crippen LogP contribution in [0.4, 0.5) is 0 Å². The molecule has 7 rings (SSSR count). The van der Waals surface area contributed by atoms with Crippen molar-refractivity contribution in [1.29, 1.82) is 0 Å². The fourth-order valence-corrected chi connectivity index (χ4v) is 6.17. The summed E-state index contributed by atoms with van der Waals surface area (Å²) in [6.07, 6.45) is 1.64. The highest BCUT2D eigenvalue weighted by atomic mass is 32.1. The number of carbonyl (C=O) groups excluding carboxylic acids is 2. The maximum atomic E-state index is 13.5. The van der Waals surface area contributed by atoms with Crippen LogP contribution in [0.1, 0.15) is 37.7 Å². The first-order chi connectivity index (χ1) is 18.5. The second-order valence-corrected chi connectivity index (χ2v) is 10.5. The number of imidazole rings is 1. The summed E-state index contributed by atoms with van der Waals surface area (Å²) in [5.74, 6) is -0.0222. The van der Waals surface area contributed by atoms with Gasteiger partial charge in [-0.15, -0.1) is 0 Å². The van der Waals surface area contributed by atoms with Crippen LogP contribution in [-0.4, -0.2) is 26.1 Å². The van der Waals surface area contributed by atoms with Crippen LogP contribution >= 0.6 is 11.3 Å². The van der Waals surface area contributed by atoms with Gasteiger partial charge >= 0.3 is 0 Å². The number of fused-ring (bicyclic) bond motifs is 3. The van der Waals surface area contributed by atoms with Gasteiger partial charge in [0.25, 0.3) is 0 Å². The first-order valence-corrected chi connectivity index (χ1v) is 13.2. The van der Waals surface area contributed by atoms with Crippen LogP contribution in [-0.2, 0) is 0 Å². The van der Waals surface area contributed by atoms with E-state index in [4.69, 9.17) is 9.97 Å². The SMILES string of the molecule is Cc1cccc(C)c1-n1c(C=C2C(=O)c3cc4ccccc4cc3C2=O)nc2sc(-c3ccccc3)nc21. The minimum atomic E-state index is -0.270. The summed E-state index contributed by atoms with van der Waals surface area (Å²) >= 11 is 1.50. The van der Waals surface area contributed by atoms with Crippen molar-refractivity contribution in [2.24, 2.45) is 0 Å². The van der Waals surface area contributed by atoms with E-state index in [9.17, 15) is 9.59 Å². The average molecular weight is 512 g/mol. The Morgan fingerprint density at radius 2 is 1.34 bits per heavy atom. The molecule has 38 heavy (non-hydrogen) atoms. The zero-order valence-electron chi connectivity index (χ0n) is 20.7. The van der Waals surface area contributed by atoms with Gasteiger partial charge in [-0.05, 0) is 54.0 Å². The van der Waals surface area contributed by atoms with Crippen molar-refractivity contribution in [3.05, 3.63) is 119 Å². The molecule has 6 aromatic rings. The fourth-order valence-electron chi connectivity index (χ4n) is 5.23. The molecule has 0 amide bonds. The molecule has 0 saturated carbocycles. The van der Waals surface area contributed by atoms with E-state index in [0.29, 0.717) is 22.6 Å². The lowest BCUT2D eigenvalue weighted by Crippen LogP contribution is -2.06. The third-order valence-electron chi connectivity index (χ3n) is 7.07. The predicted octanol–water partition coefficient (Wildman–Crippen LogP) is 7.38. The lowest BCUT2D eigenvalue weighted by atomic mass is 10.0. The van der Waals surface area contributed by atoms with E-state index in [1.54, 1.807) is 6.08 Å². The second kappa shape index (κ2) is 8.43. The molecule has 4 aromatic carbocycles. The van der Waals surface area contributed by atoms with E-state index < -0.39 is 0 Å². The normalized spacial score (nSPS) is 13.1. The van der Waals surface area contributed by atoms with Crippen LogP contribution in [0, 0.1) is 13.8 Å². The van der Waals surface area contributed by atoms with E-state index in [2.05, 4.69) is 0 Å². The molecule has 0 radical (unpaired) electrons. The molecule has 1 aliphatic rings. The Balaban J connectivity index is 1.44. The summed E-state index contributed by atoms with van der Waals surface area (Å²) in [5, 5.41) is 2.74.